The van der Waals surface area contributed by atoms with E-state index < -0.39 is 0 Å². The summed E-state index contributed by atoms with van der Waals surface area (Å²) in [5.41, 5.74) is 1.71. The minimum atomic E-state index is -0.0525. The number of carbonyl (C=O) groups excluding carboxylic acids is 1. The fourth-order valence-corrected chi connectivity index (χ4v) is 3.31. The predicted molar refractivity (Wildman–Crippen MR) is 97.3 cm³/mol. The third-order valence-electron chi connectivity index (χ3n) is 4.76. The molecule has 1 aliphatic rings. The zero-order valence-corrected chi connectivity index (χ0v) is 14.9. The van der Waals surface area contributed by atoms with Gasteiger partial charge in [0.25, 0.3) is 5.91 Å². The van der Waals surface area contributed by atoms with Crippen molar-refractivity contribution in [3.05, 3.63) is 59.7 Å². The number of amides is 1. The van der Waals surface area contributed by atoms with Crippen LogP contribution in [0.1, 0.15) is 22.0 Å². The maximum Gasteiger partial charge on any atom is 0.261 e. The summed E-state index contributed by atoms with van der Waals surface area (Å²) in [6, 6.07) is 15.9. The fraction of sp³-hybridized carbons (Fsp3) is 0.350. The number of piperazine rings is 1. The molecular weight excluding hydrogens is 316 g/mol. The van der Waals surface area contributed by atoms with E-state index in [-0.39, 0.29) is 11.9 Å². The van der Waals surface area contributed by atoms with E-state index in [4.69, 9.17) is 9.47 Å². The van der Waals surface area contributed by atoms with Crippen LogP contribution in [0.25, 0.3) is 0 Å². The van der Waals surface area contributed by atoms with E-state index in [9.17, 15) is 4.79 Å². The number of ether oxygens (including phenoxy) is 2. The molecule has 1 fully saturated rings. The Morgan fingerprint density at radius 1 is 0.960 bits per heavy atom. The number of rotatable bonds is 4. The van der Waals surface area contributed by atoms with Crippen molar-refractivity contribution in [1.82, 2.24) is 9.80 Å². The predicted octanol–water partition coefficient (Wildman–Crippen LogP) is 2.83. The van der Waals surface area contributed by atoms with Gasteiger partial charge in [0.05, 0.1) is 20.3 Å². The SMILES string of the molecule is COc1cccc(OC)c1C(=O)N1CCN(C)C(c2ccccc2)C1. The largest absolute Gasteiger partial charge is 0.496 e. The van der Waals surface area contributed by atoms with Crippen LogP contribution >= 0.6 is 0 Å². The summed E-state index contributed by atoms with van der Waals surface area (Å²) in [4.78, 5) is 17.4. The number of methoxy groups -OCH3 is 2. The van der Waals surface area contributed by atoms with Crippen LogP contribution in [0.15, 0.2) is 48.5 Å². The van der Waals surface area contributed by atoms with E-state index in [1.165, 1.54) is 5.56 Å². The molecular formula is C20H24N2O3. The molecule has 1 saturated heterocycles. The molecule has 0 aromatic heterocycles. The van der Waals surface area contributed by atoms with Gasteiger partial charge in [-0.15, -0.1) is 0 Å². The van der Waals surface area contributed by atoms with Gasteiger partial charge in [0.2, 0.25) is 0 Å². The Morgan fingerprint density at radius 2 is 1.60 bits per heavy atom. The number of hydrogen-bond acceptors (Lipinski definition) is 4. The fourth-order valence-electron chi connectivity index (χ4n) is 3.31. The van der Waals surface area contributed by atoms with E-state index in [0.29, 0.717) is 30.2 Å². The summed E-state index contributed by atoms with van der Waals surface area (Å²) in [6.07, 6.45) is 0. The maximum absolute atomic E-state index is 13.2. The van der Waals surface area contributed by atoms with Crippen LogP contribution in [0, 0.1) is 0 Å². The first-order valence-corrected chi connectivity index (χ1v) is 8.41. The Hall–Kier alpha value is -2.53. The molecule has 1 aliphatic heterocycles. The molecule has 1 amide bonds. The minimum absolute atomic E-state index is 0.0525. The molecule has 1 unspecified atom stereocenters. The normalized spacial score (nSPS) is 18.0. The zero-order chi connectivity index (χ0) is 17.8. The van der Waals surface area contributed by atoms with E-state index in [2.05, 4.69) is 24.1 Å². The van der Waals surface area contributed by atoms with Gasteiger partial charge in [-0.05, 0) is 24.7 Å². The first-order valence-electron chi connectivity index (χ1n) is 8.41. The summed E-state index contributed by atoms with van der Waals surface area (Å²) in [7, 11) is 5.24. The van der Waals surface area contributed by atoms with Gasteiger partial charge in [0.1, 0.15) is 17.1 Å². The van der Waals surface area contributed by atoms with E-state index in [1.54, 1.807) is 26.4 Å². The lowest BCUT2D eigenvalue weighted by molar-refractivity contribution is 0.0540. The van der Waals surface area contributed by atoms with Crippen molar-refractivity contribution < 1.29 is 14.3 Å². The van der Waals surface area contributed by atoms with Gasteiger partial charge < -0.3 is 14.4 Å². The van der Waals surface area contributed by atoms with Crippen molar-refractivity contribution in [2.24, 2.45) is 0 Å². The van der Waals surface area contributed by atoms with Gasteiger partial charge in [-0.1, -0.05) is 36.4 Å². The molecule has 0 saturated carbocycles. The quantitative estimate of drug-likeness (QED) is 0.858. The molecule has 25 heavy (non-hydrogen) atoms. The molecule has 5 heteroatoms. The summed E-state index contributed by atoms with van der Waals surface area (Å²) >= 11 is 0. The lowest BCUT2D eigenvalue weighted by atomic mass is 10.0. The van der Waals surface area contributed by atoms with Gasteiger partial charge >= 0.3 is 0 Å². The number of benzene rings is 2. The molecule has 5 nitrogen and oxygen atoms in total. The molecule has 0 radical (unpaired) electrons. The summed E-state index contributed by atoms with van der Waals surface area (Å²) in [5, 5.41) is 0. The second-order valence-corrected chi connectivity index (χ2v) is 6.20. The second kappa shape index (κ2) is 7.57. The maximum atomic E-state index is 13.2. The highest BCUT2D eigenvalue weighted by molar-refractivity contribution is 5.99. The zero-order valence-electron chi connectivity index (χ0n) is 14.9. The van der Waals surface area contributed by atoms with Crippen LogP contribution < -0.4 is 9.47 Å². The third-order valence-corrected chi connectivity index (χ3v) is 4.76. The van der Waals surface area contributed by atoms with Gasteiger partial charge in [0, 0.05) is 19.6 Å². The van der Waals surface area contributed by atoms with Gasteiger partial charge in [-0.25, -0.2) is 0 Å². The highest BCUT2D eigenvalue weighted by Gasteiger charge is 2.31. The molecule has 0 spiro atoms. The molecule has 0 N–H and O–H groups in total. The molecule has 1 atom stereocenters. The van der Waals surface area contributed by atoms with E-state index >= 15 is 0 Å². The Bertz CT molecular complexity index is 711. The lowest BCUT2D eigenvalue weighted by Gasteiger charge is -2.40. The number of hydrogen-bond donors (Lipinski definition) is 0. The summed E-state index contributed by atoms with van der Waals surface area (Å²) < 4.78 is 10.8. The Balaban J connectivity index is 1.88. The number of carbonyl (C=O) groups is 1. The lowest BCUT2D eigenvalue weighted by Crippen LogP contribution is -2.49. The van der Waals surface area contributed by atoms with Gasteiger partial charge in [0.15, 0.2) is 0 Å². The smallest absolute Gasteiger partial charge is 0.261 e. The van der Waals surface area contributed by atoms with Crippen molar-refractivity contribution in [2.45, 2.75) is 6.04 Å². The van der Waals surface area contributed by atoms with Crippen LogP contribution in [-0.2, 0) is 0 Å². The third kappa shape index (κ3) is 3.46. The number of nitrogens with zero attached hydrogens (tertiary/aromatic N) is 2. The van der Waals surface area contributed by atoms with Crippen molar-refractivity contribution in [3.63, 3.8) is 0 Å². The summed E-state index contributed by atoms with van der Waals surface area (Å²) in [5.74, 6) is 1.03. The Kier molecular flexibility index (Phi) is 5.24. The van der Waals surface area contributed by atoms with Crippen LogP contribution in [0.4, 0.5) is 0 Å². The highest BCUT2D eigenvalue weighted by atomic mass is 16.5. The average Bonchev–Trinajstić information content (AvgIpc) is 2.67. The minimum Gasteiger partial charge on any atom is -0.496 e. The van der Waals surface area contributed by atoms with E-state index in [0.717, 1.165) is 6.54 Å². The summed E-state index contributed by atoms with van der Waals surface area (Å²) in [6.45, 7) is 2.14. The molecule has 1 heterocycles. The molecule has 2 aromatic carbocycles. The molecule has 0 bridgehead atoms. The Morgan fingerprint density at radius 3 is 2.20 bits per heavy atom. The monoisotopic (exact) mass is 340 g/mol. The molecule has 2 aromatic rings. The van der Waals surface area contributed by atoms with Crippen LogP contribution in [0.2, 0.25) is 0 Å². The van der Waals surface area contributed by atoms with Crippen molar-refractivity contribution >= 4 is 5.91 Å². The van der Waals surface area contributed by atoms with Gasteiger partial charge in [-0.3, -0.25) is 9.69 Å². The topological polar surface area (TPSA) is 42.0 Å². The highest BCUT2D eigenvalue weighted by Crippen LogP contribution is 2.32. The number of likely N-dealkylation sites (N-methyl/N-ethyl adjacent to an activating group) is 1. The van der Waals surface area contributed by atoms with Crippen LogP contribution in [0.5, 0.6) is 11.5 Å². The standard InChI is InChI=1S/C20H24N2O3/c1-21-12-13-22(14-16(21)15-8-5-4-6-9-15)20(23)19-17(24-2)10-7-11-18(19)25-3/h4-11,16H,12-14H2,1-3H3. The van der Waals surface area contributed by atoms with Crippen LogP contribution in [-0.4, -0.2) is 56.6 Å². The van der Waals surface area contributed by atoms with Crippen molar-refractivity contribution in [1.29, 1.82) is 0 Å². The van der Waals surface area contributed by atoms with E-state index in [1.807, 2.05) is 29.2 Å². The molecule has 0 aliphatic carbocycles. The molecule has 3 rings (SSSR count). The van der Waals surface area contributed by atoms with Crippen molar-refractivity contribution in [3.8, 4) is 11.5 Å². The average molecular weight is 340 g/mol. The molecule has 132 valence electrons. The first-order chi connectivity index (χ1) is 12.2. The van der Waals surface area contributed by atoms with Crippen molar-refractivity contribution in [2.75, 3.05) is 40.9 Å². The second-order valence-electron chi connectivity index (χ2n) is 6.20. The Labute approximate surface area is 148 Å². The first kappa shape index (κ1) is 17.3. The van der Waals surface area contributed by atoms with Crippen LogP contribution in [0.3, 0.4) is 0 Å². The van der Waals surface area contributed by atoms with Gasteiger partial charge in [-0.2, -0.15) is 0 Å².